The number of rotatable bonds is 6. The van der Waals surface area contributed by atoms with Crippen LogP contribution in [0.4, 0.5) is 5.69 Å². The first-order valence-electron chi connectivity index (χ1n) is 9.21. The van der Waals surface area contributed by atoms with Crippen molar-refractivity contribution in [3.05, 3.63) is 80.0 Å². The molecule has 158 valence electrons. The number of anilines is 1. The number of carbonyl (C=O) groups excluding carboxylic acids is 2. The second-order valence-electron chi connectivity index (χ2n) is 6.81. The summed E-state index contributed by atoms with van der Waals surface area (Å²) in [4.78, 5) is 38.0. The van der Waals surface area contributed by atoms with E-state index in [4.69, 9.17) is 16.3 Å². The highest BCUT2D eigenvalue weighted by molar-refractivity contribution is 7.12. The average Bonchev–Trinajstić information content (AvgIpc) is 3.18. The lowest BCUT2D eigenvalue weighted by Gasteiger charge is -2.26. The van der Waals surface area contributed by atoms with E-state index in [-0.39, 0.29) is 40.8 Å². The number of halogens is 1. The maximum Gasteiger partial charge on any atom is 0.346 e. The molecule has 3 aromatic rings. The van der Waals surface area contributed by atoms with E-state index in [1.54, 1.807) is 12.1 Å². The van der Waals surface area contributed by atoms with Gasteiger partial charge in [0.1, 0.15) is 17.2 Å². The van der Waals surface area contributed by atoms with Crippen molar-refractivity contribution < 1.29 is 29.3 Å². The number of amides is 2. The van der Waals surface area contributed by atoms with Crippen LogP contribution in [-0.2, 0) is 24.4 Å². The van der Waals surface area contributed by atoms with Gasteiger partial charge in [0.15, 0.2) is 0 Å². The predicted molar refractivity (Wildman–Crippen MR) is 115 cm³/mol. The predicted octanol–water partition coefficient (Wildman–Crippen LogP) is 3.90. The standard InChI is InChI=1S/C22H16ClNO6S/c23-16-6-5-15(30-10-13-4-2-1-3-12(13)9-25)8-17(16)24-18(26)7-14-11-31-20(22(28)29)19(14)21(24)27/h1-6,8,11,25H,7,9-10H2,(H,28,29). The number of nitrogens with zero attached hydrogens (tertiary/aromatic N) is 1. The number of carboxylic acid groups (broad SMARTS) is 1. The number of aliphatic hydroxyl groups excluding tert-OH is 1. The molecule has 2 heterocycles. The van der Waals surface area contributed by atoms with Crippen molar-refractivity contribution in [3.8, 4) is 5.75 Å². The molecule has 1 aliphatic heterocycles. The first-order chi connectivity index (χ1) is 14.9. The Bertz CT molecular complexity index is 1200. The quantitative estimate of drug-likeness (QED) is 0.544. The Morgan fingerprint density at radius 3 is 2.61 bits per heavy atom. The second-order valence-corrected chi connectivity index (χ2v) is 8.10. The summed E-state index contributed by atoms with van der Waals surface area (Å²) >= 11 is 7.20. The molecule has 9 heteroatoms. The third-order valence-electron chi connectivity index (χ3n) is 4.91. The second kappa shape index (κ2) is 8.50. The third kappa shape index (κ3) is 3.93. The number of hydrogen-bond acceptors (Lipinski definition) is 6. The zero-order valence-corrected chi connectivity index (χ0v) is 17.6. The van der Waals surface area contributed by atoms with Gasteiger partial charge in [0, 0.05) is 6.07 Å². The summed E-state index contributed by atoms with van der Waals surface area (Å²) in [5.41, 5.74) is 2.05. The molecule has 0 bridgehead atoms. The van der Waals surface area contributed by atoms with Crippen molar-refractivity contribution in [2.45, 2.75) is 19.6 Å². The van der Waals surface area contributed by atoms with Crippen LogP contribution in [0, 0.1) is 0 Å². The summed E-state index contributed by atoms with van der Waals surface area (Å²) in [6.07, 6.45) is -0.101. The molecule has 0 radical (unpaired) electrons. The van der Waals surface area contributed by atoms with Crippen molar-refractivity contribution >= 4 is 46.4 Å². The van der Waals surface area contributed by atoms with E-state index in [1.807, 2.05) is 18.2 Å². The number of ether oxygens (including phenoxy) is 1. The molecule has 0 aliphatic carbocycles. The van der Waals surface area contributed by atoms with Crippen LogP contribution in [0.2, 0.25) is 5.02 Å². The molecule has 0 fully saturated rings. The molecular formula is C22H16ClNO6S. The van der Waals surface area contributed by atoms with E-state index in [9.17, 15) is 24.6 Å². The minimum atomic E-state index is -1.22. The van der Waals surface area contributed by atoms with Crippen molar-refractivity contribution in [1.29, 1.82) is 0 Å². The van der Waals surface area contributed by atoms with Gasteiger partial charge < -0.3 is 14.9 Å². The van der Waals surface area contributed by atoms with Gasteiger partial charge in [-0.1, -0.05) is 35.9 Å². The van der Waals surface area contributed by atoms with E-state index in [2.05, 4.69) is 0 Å². The number of thiophene rings is 1. The number of fused-ring (bicyclic) bond motifs is 1. The highest BCUT2D eigenvalue weighted by Crippen LogP contribution is 2.36. The number of benzene rings is 2. The summed E-state index contributed by atoms with van der Waals surface area (Å²) in [5.74, 6) is -2.09. The van der Waals surface area contributed by atoms with Gasteiger partial charge in [-0.2, -0.15) is 0 Å². The van der Waals surface area contributed by atoms with Gasteiger partial charge in [-0.3, -0.25) is 9.59 Å². The molecule has 0 unspecified atom stereocenters. The molecule has 2 aromatic carbocycles. The average molecular weight is 458 g/mol. The Kier molecular flexibility index (Phi) is 5.77. The minimum Gasteiger partial charge on any atom is -0.489 e. The Morgan fingerprint density at radius 2 is 1.90 bits per heavy atom. The van der Waals surface area contributed by atoms with Crippen LogP contribution in [0.25, 0.3) is 0 Å². The molecule has 1 aromatic heterocycles. The summed E-state index contributed by atoms with van der Waals surface area (Å²) in [6, 6.07) is 11.8. The van der Waals surface area contributed by atoms with Crippen molar-refractivity contribution in [1.82, 2.24) is 0 Å². The van der Waals surface area contributed by atoms with E-state index in [1.165, 1.54) is 17.5 Å². The topological polar surface area (TPSA) is 104 Å². The number of carbonyl (C=O) groups is 3. The maximum atomic E-state index is 13.1. The van der Waals surface area contributed by atoms with Crippen LogP contribution < -0.4 is 9.64 Å². The minimum absolute atomic E-state index is 0.0105. The molecule has 1 aliphatic rings. The number of carboxylic acids is 1. The lowest BCUT2D eigenvalue weighted by molar-refractivity contribution is -0.117. The number of imide groups is 1. The van der Waals surface area contributed by atoms with Crippen LogP contribution in [0.15, 0.2) is 47.8 Å². The number of aliphatic hydroxyl groups is 1. The van der Waals surface area contributed by atoms with Gasteiger partial charge in [-0.05, 0) is 34.2 Å². The van der Waals surface area contributed by atoms with E-state index < -0.39 is 17.8 Å². The SMILES string of the molecule is O=C(O)c1scc2c1C(=O)N(c1cc(OCc3ccccc3CO)ccc1Cl)C(=O)C2. The third-order valence-corrected chi connectivity index (χ3v) is 6.25. The zero-order chi connectivity index (χ0) is 22.1. The molecular weight excluding hydrogens is 442 g/mol. The summed E-state index contributed by atoms with van der Waals surface area (Å²) in [5, 5.41) is 20.5. The number of hydrogen-bond donors (Lipinski definition) is 2. The molecule has 0 saturated heterocycles. The zero-order valence-electron chi connectivity index (χ0n) is 16.0. The Balaban J connectivity index is 1.65. The van der Waals surface area contributed by atoms with Crippen LogP contribution in [0.1, 0.15) is 36.7 Å². The van der Waals surface area contributed by atoms with Gasteiger partial charge in [0.05, 0.1) is 29.3 Å². The molecule has 2 N–H and O–H groups in total. The van der Waals surface area contributed by atoms with Crippen molar-refractivity contribution in [3.63, 3.8) is 0 Å². The Labute approximate surface area is 186 Å². The Hall–Kier alpha value is -3.20. The van der Waals surface area contributed by atoms with E-state index in [0.717, 1.165) is 27.4 Å². The lowest BCUT2D eigenvalue weighted by atomic mass is 10.0. The molecule has 0 saturated carbocycles. The van der Waals surface area contributed by atoms with Crippen LogP contribution in [0.3, 0.4) is 0 Å². The van der Waals surface area contributed by atoms with Gasteiger partial charge in [-0.15, -0.1) is 11.3 Å². The van der Waals surface area contributed by atoms with Crippen LogP contribution >= 0.6 is 22.9 Å². The first kappa shape index (κ1) is 21.0. The fourth-order valence-corrected chi connectivity index (χ4v) is 4.49. The van der Waals surface area contributed by atoms with Crippen molar-refractivity contribution in [2.24, 2.45) is 0 Å². The van der Waals surface area contributed by atoms with Gasteiger partial charge >= 0.3 is 5.97 Å². The van der Waals surface area contributed by atoms with Gasteiger partial charge in [-0.25, -0.2) is 9.69 Å². The van der Waals surface area contributed by atoms with Gasteiger partial charge in [0.2, 0.25) is 5.91 Å². The smallest absolute Gasteiger partial charge is 0.346 e. The van der Waals surface area contributed by atoms with E-state index >= 15 is 0 Å². The van der Waals surface area contributed by atoms with Gasteiger partial charge in [0.25, 0.3) is 5.91 Å². The summed E-state index contributed by atoms with van der Waals surface area (Å²) in [7, 11) is 0. The lowest BCUT2D eigenvalue weighted by Crippen LogP contribution is -2.42. The van der Waals surface area contributed by atoms with Crippen LogP contribution in [0.5, 0.6) is 5.75 Å². The van der Waals surface area contributed by atoms with Crippen LogP contribution in [-0.4, -0.2) is 28.0 Å². The van der Waals surface area contributed by atoms with E-state index in [0.29, 0.717) is 11.3 Å². The molecule has 31 heavy (non-hydrogen) atoms. The maximum absolute atomic E-state index is 13.1. The fourth-order valence-electron chi connectivity index (χ4n) is 3.39. The molecule has 4 rings (SSSR count). The molecule has 2 amide bonds. The fraction of sp³-hybridized carbons (Fsp3) is 0.136. The summed E-state index contributed by atoms with van der Waals surface area (Å²) in [6.45, 7) is 0.0363. The number of aromatic carboxylic acids is 1. The first-order valence-corrected chi connectivity index (χ1v) is 10.5. The monoisotopic (exact) mass is 457 g/mol. The largest absolute Gasteiger partial charge is 0.489 e. The molecule has 7 nitrogen and oxygen atoms in total. The molecule has 0 spiro atoms. The highest BCUT2D eigenvalue weighted by atomic mass is 35.5. The molecule has 0 atom stereocenters. The summed E-state index contributed by atoms with van der Waals surface area (Å²) < 4.78 is 5.80. The van der Waals surface area contributed by atoms with Crippen molar-refractivity contribution in [2.75, 3.05) is 4.90 Å². The highest BCUT2D eigenvalue weighted by Gasteiger charge is 2.37. The Morgan fingerprint density at radius 1 is 1.16 bits per heavy atom. The normalized spacial score (nSPS) is 13.3.